The zero-order valence-electron chi connectivity index (χ0n) is 7.89. The van der Waals surface area contributed by atoms with Gasteiger partial charge >= 0.3 is 0 Å². The molecule has 2 rings (SSSR count). The quantitative estimate of drug-likeness (QED) is 0.755. The van der Waals surface area contributed by atoms with Crippen LogP contribution < -0.4 is 5.32 Å². The molecule has 1 aliphatic rings. The number of piperidine rings is 1. The first kappa shape index (κ1) is 9.94. The Morgan fingerprint density at radius 3 is 2.93 bits per heavy atom. The molecule has 1 aromatic rings. The second kappa shape index (κ2) is 4.28. The summed E-state index contributed by atoms with van der Waals surface area (Å²) in [6, 6.07) is 5.24. The van der Waals surface area contributed by atoms with Crippen LogP contribution in [-0.4, -0.2) is 6.54 Å². The Balaban J connectivity index is 2.26. The van der Waals surface area contributed by atoms with E-state index in [1.54, 1.807) is 6.07 Å². The van der Waals surface area contributed by atoms with Crippen molar-refractivity contribution in [3.8, 4) is 0 Å². The van der Waals surface area contributed by atoms with Gasteiger partial charge in [-0.25, -0.2) is 4.39 Å². The van der Waals surface area contributed by atoms with Gasteiger partial charge in [-0.3, -0.25) is 0 Å². The highest BCUT2D eigenvalue weighted by molar-refractivity contribution is 6.31. The molecule has 0 saturated carbocycles. The van der Waals surface area contributed by atoms with Gasteiger partial charge in [0, 0.05) is 6.04 Å². The van der Waals surface area contributed by atoms with Crippen molar-refractivity contribution in [1.29, 1.82) is 0 Å². The van der Waals surface area contributed by atoms with Crippen molar-refractivity contribution in [3.05, 3.63) is 34.6 Å². The fourth-order valence-corrected chi connectivity index (χ4v) is 2.16. The molecule has 1 fully saturated rings. The summed E-state index contributed by atoms with van der Waals surface area (Å²) in [5.41, 5.74) is 0.895. The zero-order valence-corrected chi connectivity index (χ0v) is 8.65. The highest BCUT2D eigenvalue weighted by Crippen LogP contribution is 2.30. The van der Waals surface area contributed by atoms with Gasteiger partial charge in [0.05, 0.1) is 5.02 Å². The first-order chi connectivity index (χ1) is 6.79. The molecule has 14 heavy (non-hydrogen) atoms. The van der Waals surface area contributed by atoms with E-state index in [0.29, 0.717) is 0 Å². The maximum absolute atomic E-state index is 13.2. The molecule has 1 atom stereocenters. The number of nitrogens with one attached hydrogen (secondary N) is 1. The van der Waals surface area contributed by atoms with Crippen molar-refractivity contribution in [3.63, 3.8) is 0 Å². The Morgan fingerprint density at radius 1 is 1.36 bits per heavy atom. The molecule has 1 N–H and O–H groups in total. The van der Waals surface area contributed by atoms with Crippen LogP contribution in [0, 0.1) is 5.82 Å². The fourth-order valence-electron chi connectivity index (χ4n) is 1.91. The van der Waals surface area contributed by atoms with Gasteiger partial charge in [0.25, 0.3) is 0 Å². The number of hydrogen-bond acceptors (Lipinski definition) is 1. The lowest BCUT2D eigenvalue weighted by Gasteiger charge is -2.24. The van der Waals surface area contributed by atoms with Crippen LogP contribution in [0.1, 0.15) is 30.9 Å². The molecule has 0 aliphatic carbocycles. The second-order valence-corrected chi connectivity index (χ2v) is 4.02. The summed E-state index contributed by atoms with van der Waals surface area (Å²) in [5.74, 6) is -0.323. The van der Waals surface area contributed by atoms with Gasteiger partial charge in [0.1, 0.15) is 5.82 Å². The van der Waals surface area contributed by atoms with E-state index in [4.69, 9.17) is 11.6 Å². The van der Waals surface area contributed by atoms with Crippen LogP contribution in [0.25, 0.3) is 0 Å². The molecule has 1 heterocycles. The maximum Gasteiger partial charge on any atom is 0.142 e. The Kier molecular flexibility index (Phi) is 3.04. The summed E-state index contributed by atoms with van der Waals surface area (Å²) in [6.45, 7) is 0.998. The third kappa shape index (κ3) is 1.91. The maximum atomic E-state index is 13.2. The van der Waals surface area contributed by atoms with Gasteiger partial charge in [0.2, 0.25) is 0 Å². The first-order valence-electron chi connectivity index (χ1n) is 4.96. The third-order valence-corrected chi connectivity index (χ3v) is 3.07. The average Bonchev–Trinajstić information content (AvgIpc) is 2.23. The van der Waals surface area contributed by atoms with Crippen molar-refractivity contribution < 1.29 is 4.39 Å². The minimum absolute atomic E-state index is 0.229. The van der Waals surface area contributed by atoms with Gasteiger partial charge in [-0.05, 0) is 31.0 Å². The van der Waals surface area contributed by atoms with Crippen molar-refractivity contribution in [2.45, 2.75) is 25.3 Å². The van der Waals surface area contributed by atoms with Gasteiger partial charge < -0.3 is 5.32 Å². The predicted molar refractivity (Wildman–Crippen MR) is 56.0 cm³/mol. The summed E-state index contributed by atoms with van der Waals surface area (Å²) in [7, 11) is 0. The Bertz CT molecular complexity index is 321. The van der Waals surface area contributed by atoms with Crippen molar-refractivity contribution in [1.82, 2.24) is 5.32 Å². The molecular weight excluding hydrogens is 201 g/mol. The van der Waals surface area contributed by atoms with E-state index in [0.717, 1.165) is 18.5 Å². The molecule has 1 aromatic carbocycles. The van der Waals surface area contributed by atoms with E-state index in [1.165, 1.54) is 18.9 Å². The summed E-state index contributed by atoms with van der Waals surface area (Å²) < 4.78 is 13.2. The average molecular weight is 214 g/mol. The molecule has 76 valence electrons. The summed E-state index contributed by atoms with van der Waals surface area (Å²) in [5, 5.41) is 3.62. The topological polar surface area (TPSA) is 12.0 Å². The highest BCUT2D eigenvalue weighted by Gasteiger charge is 2.18. The van der Waals surface area contributed by atoms with Crippen LogP contribution in [0.15, 0.2) is 18.2 Å². The summed E-state index contributed by atoms with van der Waals surface area (Å²) >= 11 is 5.91. The third-order valence-electron chi connectivity index (χ3n) is 2.67. The summed E-state index contributed by atoms with van der Waals surface area (Å²) in [4.78, 5) is 0. The SMILES string of the molecule is Fc1cccc([C@H]2CCCCN2)c1Cl. The van der Waals surface area contributed by atoms with Gasteiger partial charge in [-0.2, -0.15) is 0 Å². The highest BCUT2D eigenvalue weighted by atomic mass is 35.5. The Labute approximate surface area is 88.3 Å². The van der Waals surface area contributed by atoms with Crippen LogP contribution in [0.2, 0.25) is 5.02 Å². The predicted octanol–water partition coefficient (Wildman–Crippen LogP) is 3.29. The molecule has 0 radical (unpaired) electrons. The summed E-state index contributed by atoms with van der Waals surface area (Å²) in [6.07, 6.45) is 3.43. The number of halogens is 2. The fraction of sp³-hybridized carbons (Fsp3) is 0.455. The number of benzene rings is 1. The van der Waals surface area contributed by atoms with E-state index in [-0.39, 0.29) is 16.9 Å². The lowest BCUT2D eigenvalue weighted by atomic mass is 9.97. The molecular formula is C11H13ClFN. The van der Waals surface area contributed by atoms with E-state index >= 15 is 0 Å². The van der Waals surface area contributed by atoms with Crippen molar-refractivity contribution in [2.24, 2.45) is 0 Å². The van der Waals surface area contributed by atoms with Gasteiger partial charge in [0.15, 0.2) is 0 Å². The van der Waals surface area contributed by atoms with Crippen molar-refractivity contribution >= 4 is 11.6 Å². The lowest BCUT2D eigenvalue weighted by molar-refractivity contribution is 0.411. The van der Waals surface area contributed by atoms with Crippen LogP contribution in [0.4, 0.5) is 4.39 Å². The van der Waals surface area contributed by atoms with Crippen LogP contribution >= 0.6 is 11.6 Å². The van der Waals surface area contributed by atoms with E-state index in [1.807, 2.05) is 6.07 Å². The van der Waals surface area contributed by atoms with Crippen LogP contribution in [0.5, 0.6) is 0 Å². The molecule has 1 aliphatic heterocycles. The number of rotatable bonds is 1. The standard InChI is InChI=1S/C11H13ClFN/c12-11-8(4-3-5-9(11)13)10-6-1-2-7-14-10/h3-5,10,14H,1-2,6-7H2/t10-/m1/s1. The minimum Gasteiger partial charge on any atom is -0.310 e. The molecule has 1 saturated heterocycles. The van der Waals surface area contributed by atoms with Crippen LogP contribution in [0.3, 0.4) is 0 Å². The van der Waals surface area contributed by atoms with Crippen LogP contribution in [-0.2, 0) is 0 Å². The smallest absolute Gasteiger partial charge is 0.142 e. The molecule has 3 heteroatoms. The van der Waals surface area contributed by atoms with E-state index in [9.17, 15) is 4.39 Å². The lowest BCUT2D eigenvalue weighted by Crippen LogP contribution is -2.27. The molecule has 0 bridgehead atoms. The van der Waals surface area contributed by atoms with E-state index < -0.39 is 0 Å². The van der Waals surface area contributed by atoms with Gasteiger partial charge in [-0.15, -0.1) is 0 Å². The zero-order chi connectivity index (χ0) is 9.97. The van der Waals surface area contributed by atoms with Crippen molar-refractivity contribution in [2.75, 3.05) is 6.54 Å². The van der Waals surface area contributed by atoms with Gasteiger partial charge in [-0.1, -0.05) is 30.2 Å². The molecule has 0 spiro atoms. The second-order valence-electron chi connectivity index (χ2n) is 3.65. The Hall–Kier alpha value is -0.600. The molecule has 1 nitrogen and oxygen atoms in total. The normalized spacial score (nSPS) is 22.3. The van der Waals surface area contributed by atoms with E-state index in [2.05, 4.69) is 5.32 Å². The molecule has 0 unspecified atom stereocenters. The molecule has 0 amide bonds. The number of hydrogen-bond donors (Lipinski definition) is 1. The largest absolute Gasteiger partial charge is 0.310 e. The monoisotopic (exact) mass is 213 g/mol. The Morgan fingerprint density at radius 2 is 2.21 bits per heavy atom. The minimum atomic E-state index is -0.323. The molecule has 0 aromatic heterocycles. The first-order valence-corrected chi connectivity index (χ1v) is 5.34.